The molecule has 0 saturated carbocycles. The number of hydrogen-bond acceptors (Lipinski definition) is 3. The van der Waals surface area contributed by atoms with E-state index in [1.165, 1.54) is 0 Å². The molecule has 5 heteroatoms. The van der Waals surface area contributed by atoms with Gasteiger partial charge in [-0.05, 0) is 50.1 Å². The van der Waals surface area contributed by atoms with Gasteiger partial charge in [-0.3, -0.25) is 14.2 Å². The molecule has 4 rings (SSSR count). The molecule has 1 unspecified atom stereocenters. The molecular weight excluding hydrogens is 314 g/mol. The SMILES string of the molecule is CCn1c(=O)c(C(=O)N2c3ccccc3CC2C)cc2cccnc21. The van der Waals surface area contributed by atoms with E-state index in [0.29, 0.717) is 12.2 Å². The molecule has 1 atom stereocenters. The summed E-state index contributed by atoms with van der Waals surface area (Å²) in [6.07, 6.45) is 2.47. The second-order valence-electron chi connectivity index (χ2n) is 6.38. The molecular formula is C20H19N3O2. The van der Waals surface area contributed by atoms with E-state index < -0.39 is 0 Å². The van der Waals surface area contributed by atoms with Gasteiger partial charge in [-0.2, -0.15) is 0 Å². The Bertz CT molecular complexity index is 1040. The van der Waals surface area contributed by atoms with E-state index in [0.717, 1.165) is 23.1 Å². The lowest BCUT2D eigenvalue weighted by Crippen LogP contribution is -2.40. The second-order valence-corrected chi connectivity index (χ2v) is 6.38. The number of anilines is 1. The molecule has 0 fully saturated rings. The largest absolute Gasteiger partial charge is 0.305 e. The van der Waals surface area contributed by atoms with Crippen LogP contribution in [0.2, 0.25) is 0 Å². The fraction of sp³-hybridized carbons (Fsp3) is 0.250. The first-order valence-corrected chi connectivity index (χ1v) is 8.52. The molecule has 3 heterocycles. The number of benzene rings is 1. The smallest absolute Gasteiger partial charge is 0.265 e. The van der Waals surface area contributed by atoms with Crippen LogP contribution in [0.4, 0.5) is 5.69 Å². The molecule has 0 saturated heterocycles. The lowest BCUT2D eigenvalue weighted by molar-refractivity contribution is 0.0979. The predicted molar refractivity (Wildman–Crippen MR) is 98.1 cm³/mol. The number of rotatable bonds is 2. The van der Waals surface area contributed by atoms with Crippen molar-refractivity contribution in [3.8, 4) is 0 Å². The Kier molecular flexibility index (Phi) is 3.64. The fourth-order valence-corrected chi connectivity index (χ4v) is 3.66. The molecule has 0 N–H and O–H groups in total. The molecule has 1 aliphatic heterocycles. The van der Waals surface area contributed by atoms with Crippen LogP contribution >= 0.6 is 0 Å². The number of carbonyl (C=O) groups is 1. The van der Waals surface area contributed by atoms with Gasteiger partial charge in [0.1, 0.15) is 11.2 Å². The van der Waals surface area contributed by atoms with Gasteiger partial charge in [0.05, 0.1) is 0 Å². The second kappa shape index (κ2) is 5.84. The van der Waals surface area contributed by atoms with Crippen molar-refractivity contribution in [2.24, 2.45) is 0 Å². The molecule has 0 spiro atoms. The average Bonchev–Trinajstić information content (AvgIpc) is 2.96. The summed E-state index contributed by atoms with van der Waals surface area (Å²) in [6.45, 7) is 4.37. The monoisotopic (exact) mass is 333 g/mol. The topological polar surface area (TPSA) is 55.2 Å². The first-order valence-electron chi connectivity index (χ1n) is 8.52. The molecule has 1 aliphatic rings. The van der Waals surface area contributed by atoms with Crippen LogP contribution in [0.15, 0.2) is 53.5 Å². The zero-order valence-corrected chi connectivity index (χ0v) is 14.3. The Balaban J connectivity index is 1.89. The Morgan fingerprint density at radius 2 is 2.04 bits per heavy atom. The molecule has 3 aromatic rings. The van der Waals surface area contributed by atoms with Crippen LogP contribution in [-0.4, -0.2) is 21.5 Å². The highest BCUT2D eigenvalue weighted by Gasteiger charge is 2.32. The van der Waals surface area contributed by atoms with Crippen LogP contribution in [0.1, 0.15) is 29.8 Å². The standard InChI is InChI=1S/C20H19N3O2/c1-3-22-18-15(8-6-10-21-18)12-16(19(22)24)20(25)23-13(2)11-14-7-4-5-9-17(14)23/h4-10,12-13H,3,11H2,1-2H3. The summed E-state index contributed by atoms with van der Waals surface area (Å²) in [5, 5.41) is 0.799. The number of nitrogens with zero attached hydrogens (tertiary/aromatic N) is 3. The third-order valence-corrected chi connectivity index (χ3v) is 4.82. The molecule has 0 bridgehead atoms. The van der Waals surface area contributed by atoms with E-state index in [4.69, 9.17) is 0 Å². The van der Waals surface area contributed by atoms with Gasteiger partial charge >= 0.3 is 0 Å². The first kappa shape index (κ1) is 15.6. The van der Waals surface area contributed by atoms with E-state index >= 15 is 0 Å². The zero-order chi connectivity index (χ0) is 17.6. The van der Waals surface area contributed by atoms with E-state index in [2.05, 4.69) is 4.98 Å². The van der Waals surface area contributed by atoms with E-state index in [1.54, 1.807) is 21.7 Å². The highest BCUT2D eigenvalue weighted by Crippen LogP contribution is 2.32. The van der Waals surface area contributed by atoms with Gasteiger partial charge in [0.2, 0.25) is 0 Å². The van der Waals surface area contributed by atoms with Gasteiger partial charge < -0.3 is 4.90 Å². The molecule has 0 aliphatic carbocycles. The summed E-state index contributed by atoms with van der Waals surface area (Å²) < 4.78 is 1.56. The first-order chi connectivity index (χ1) is 12.1. The van der Waals surface area contributed by atoms with Crippen LogP contribution in [0, 0.1) is 0 Å². The van der Waals surface area contributed by atoms with Crippen LogP contribution in [0.3, 0.4) is 0 Å². The van der Waals surface area contributed by atoms with Crippen molar-refractivity contribution in [2.75, 3.05) is 4.90 Å². The molecule has 126 valence electrons. The number of fused-ring (bicyclic) bond motifs is 2. The maximum Gasteiger partial charge on any atom is 0.265 e. The third kappa shape index (κ3) is 2.35. The van der Waals surface area contributed by atoms with Crippen molar-refractivity contribution in [1.29, 1.82) is 0 Å². The summed E-state index contributed by atoms with van der Waals surface area (Å²) in [4.78, 5) is 32.2. The Hall–Kier alpha value is -2.95. The number of carbonyl (C=O) groups excluding carboxylic acids is 1. The quantitative estimate of drug-likeness (QED) is 0.724. The van der Waals surface area contributed by atoms with Gasteiger partial charge in [-0.15, -0.1) is 0 Å². The van der Waals surface area contributed by atoms with E-state index in [9.17, 15) is 9.59 Å². The molecule has 5 nitrogen and oxygen atoms in total. The Morgan fingerprint density at radius 1 is 1.24 bits per heavy atom. The number of pyridine rings is 2. The molecule has 2 aromatic heterocycles. The van der Waals surface area contributed by atoms with Crippen molar-refractivity contribution in [1.82, 2.24) is 9.55 Å². The van der Waals surface area contributed by atoms with Gasteiger partial charge in [0.15, 0.2) is 0 Å². The Morgan fingerprint density at radius 3 is 2.84 bits per heavy atom. The van der Waals surface area contributed by atoms with Crippen molar-refractivity contribution in [3.05, 3.63) is 70.1 Å². The summed E-state index contributed by atoms with van der Waals surface area (Å²) in [6, 6.07) is 13.3. The number of aryl methyl sites for hydroxylation is 1. The summed E-state index contributed by atoms with van der Waals surface area (Å²) >= 11 is 0. The van der Waals surface area contributed by atoms with E-state index in [1.807, 2.05) is 50.2 Å². The van der Waals surface area contributed by atoms with Crippen LogP contribution in [0.5, 0.6) is 0 Å². The van der Waals surface area contributed by atoms with E-state index in [-0.39, 0.29) is 23.1 Å². The molecule has 25 heavy (non-hydrogen) atoms. The normalized spacial score (nSPS) is 16.2. The van der Waals surface area contributed by atoms with Crippen molar-refractivity contribution >= 4 is 22.6 Å². The van der Waals surface area contributed by atoms with Crippen LogP contribution in [-0.2, 0) is 13.0 Å². The van der Waals surface area contributed by atoms with Crippen molar-refractivity contribution in [2.45, 2.75) is 32.9 Å². The maximum atomic E-state index is 13.2. The summed E-state index contributed by atoms with van der Waals surface area (Å²) in [5.41, 5.74) is 2.57. The number of amides is 1. The Labute approximate surface area is 145 Å². The van der Waals surface area contributed by atoms with Crippen LogP contribution < -0.4 is 10.5 Å². The maximum absolute atomic E-state index is 13.2. The molecule has 1 amide bonds. The predicted octanol–water partition coefficient (Wildman–Crippen LogP) is 3.01. The van der Waals surface area contributed by atoms with Gasteiger partial charge in [0.25, 0.3) is 11.5 Å². The van der Waals surface area contributed by atoms with Gasteiger partial charge in [-0.1, -0.05) is 18.2 Å². The lowest BCUT2D eigenvalue weighted by atomic mass is 10.1. The fourth-order valence-electron chi connectivity index (χ4n) is 3.66. The molecule has 1 aromatic carbocycles. The van der Waals surface area contributed by atoms with Gasteiger partial charge in [0, 0.05) is 29.9 Å². The molecule has 0 radical (unpaired) electrons. The summed E-state index contributed by atoms with van der Waals surface area (Å²) in [7, 11) is 0. The summed E-state index contributed by atoms with van der Waals surface area (Å²) in [5.74, 6) is -0.240. The third-order valence-electron chi connectivity index (χ3n) is 4.82. The van der Waals surface area contributed by atoms with Crippen molar-refractivity contribution < 1.29 is 4.79 Å². The van der Waals surface area contributed by atoms with Gasteiger partial charge in [-0.25, -0.2) is 4.98 Å². The minimum atomic E-state index is -0.282. The van der Waals surface area contributed by atoms with Crippen LogP contribution in [0.25, 0.3) is 11.0 Å². The zero-order valence-electron chi connectivity index (χ0n) is 14.3. The average molecular weight is 333 g/mol. The number of aromatic nitrogens is 2. The minimum Gasteiger partial charge on any atom is -0.305 e. The number of para-hydroxylation sites is 1. The minimum absolute atomic E-state index is 0.0315. The number of hydrogen-bond donors (Lipinski definition) is 0. The van der Waals surface area contributed by atoms with Crippen molar-refractivity contribution in [3.63, 3.8) is 0 Å². The highest BCUT2D eigenvalue weighted by atomic mass is 16.2. The highest BCUT2D eigenvalue weighted by molar-refractivity contribution is 6.08. The lowest BCUT2D eigenvalue weighted by Gasteiger charge is -2.23.